The molecule has 33 heavy (non-hydrogen) atoms. The van der Waals surface area contributed by atoms with Gasteiger partial charge in [0.1, 0.15) is 11.4 Å². The summed E-state index contributed by atoms with van der Waals surface area (Å²) in [5.74, 6) is -1.26. The highest BCUT2D eigenvalue weighted by Gasteiger charge is 2.25. The number of phosphoric ester groups is 1. The second kappa shape index (κ2) is 8.01. The molecule has 0 amide bonds. The summed E-state index contributed by atoms with van der Waals surface area (Å²) < 4.78 is 16.3. The maximum absolute atomic E-state index is 11.9. The summed E-state index contributed by atoms with van der Waals surface area (Å²) in [5, 5.41) is 28.1. The average molecular weight is 468 g/mol. The standard InChI is InChI=1S/C20H17N6O6P/c27-20(28)19-18(23-25-26(19)5-6-32-33(29,30)31)12-2-4-16-14(8-12)9-13-7-11(1-3-15(13)16)17-10-21-24-22-17/h1-4,7-8,10H,5-6,9H2,(H,27,28)(H,21,22,24)(H2,29,30,31). The summed E-state index contributed by atoms with van der Waals surface area (Å²) in [4.78, 5) is 29.5. The first kappa shape index (κ1) is 21.2. The van der Waals surface area contributed by atoms with E-state index in [1.807, 2.05) is 24.3 Å². The maximum Gasteiger partial charge on any atom is 0.469 e. The summed E-state index contributed by atoms with van der Waals surface area (Å²) >= 11 is 0. The van der Waals surface area contributed by atoms with Crippen LogP contribution in [-0.4, -0.2) is 57.9 Å². The van der Waals surface area contributed by atoms with Crippen LogP contribution in [0.3, 0.4) is 0 Å². The number of benzene rings is 2. The molecular weight excluding hydrogens is 451 g/mol. The number of nitrogens with one attached hydrogen (secondary N) is 1. The lowest BCUT2D eigenvalue weighted by atomic mass is 10.0. The summed E-state index contributed by atoms with van der Waals surface area (Å²) in [6, 6.07) is 11.7. The van der Waals surface area contributed by atoms with Crippen molar-refractivity contribution >= 4 is 13.8 Å². The molecule has 0 radical (unpaired) electrons. The zero-order chi connectivity index (χ0) is 23.2. The van der Waals surface area contributed by atoms with E-state index in [2.05, 4.69) is 36.3 Å². The molecule has 4 N–H and O–H groups in total. The molecule has 1 aliphatic carbocycles. The van der Waals surface area contributed by atoms with Crippen molar-refractivity contribution < 1.29 is 28.8 Å². The van der Waals surface area contributed by atoms with Crippen LogP contribution >= 0.6 is 7.82 Å². The quantitative estimate of drug-likeness (QED) is 0.259. The Labute approximate surface area is 186 Å². The van der Waals surface area contributed by atoms with Crippen molar-refractivity contribution in [1.82, 2.24) is 30.4 Å². The first-order valence-corrected chi connectivity index (χ1v) is 11.3. The second-order valence-corrected chi connectivity index (χ2v) is 8.65. The molecule has 0 spiro atoms. The highest BCUT2D eigenvalue weighted by molar-refractivity contribution is 7.46. The van der Waals surface area contributed by atoms with Crippen LogP contribution in [0.2, 0.25) is 0 Å². The smallest absolute Gasteiger partial charge is 0.469 e. The van der Waals surface area contributed by atoms with Crippen molar-refractivity contribution in [3.63, 3.8) is 0 Å². The van der Waals surface area contributed by atoms with Gasteiger partial charge in [0, 0.05) is 11.1 Å². The Hall–Kier alpha value is -3.70. The van der Waals surface area contributed by atoms with Crippen molar-refractivity contribution in [3.8, 4) is 33.6 Å². The number of aromatic nitrogens is 6. The minimum Gasteiger partial charge on any atom is -0.476 e. The van der Waals surface area contributed by atoms with Crippen molar-refractivity contribution in [2.45, 2.75) is 13.0 Å². The third-order valence-corrected chi connectivity index (χ3v) is 5.88. The molecule has 1 aliphatic rings. The van der Waals surface area contributed by atoms with Crippen LogP contribution in [-0.2, 0) is 22.1 Å². The van der Waals surface area contributed by atoms with Gasteiger partial charge >= 0.3 is 13.8 Å². The number of H-pyrrole nitrogens is 1. The normalized spacial score (nSPS) is 12.5. The molecule has 2 aromatic carbocycles. The number of phosphoric acid groups is 1. The third kappa shape index (κ3) is 4.08. The van der Waals surface area contributed by atoms with Gasteiger partial charge in [-0.3, -0.25) is 4.52 Å². The molecule has 5 rings (SSSR count). The Bertz CT molecular complexity index is 1410. The number of hydrogen-bond donors (Lipinski definition) is 4. The van der Waals surface area contributed by atoms with Crippen LogP contribution in [0.25, 0.3) is 33.6 Å². The maximum atomic E-state index is 11.9. The van der Waals surface area contributed by atoms with E-state index in [4.69, 9.17) is 9.79 Å². The number of rotatable bonds is 7. The van der Waals surface area contributed by atoms with E-state index in [0.717, 1.165) is 38.2 Å². The van der Waals surface area contributed by atoms with Crippen LogP contribution in [0.1, 0.15) is 21.6 Å². The molecular formula is C20H17N6O6P. The molecule has 2 heterocycles. The van der Waals surface area contributed by atoms with Crippen molar-refractivity contribution in [1.29, 1.82) is 0 Å². The van der Waals surface area contributed by atoms with Gasteiger partial charge in [-0.05, 0) is 40.8 Å². The number of hydrogen-bond acceptors (Lipinski definition) is 7. The summed E-state index contributed by atoms with van der Waals surface area (Å²) in [5.41, 5.74) is 6.56. The van der Waals surface area contributed by atoms with Crippen LogP contribution in [0, 0.1) is 0 Å². The Morgan fingerprint density at radius 1 is 1.12 bits per heavy atom. The van der Waals surface area contributed by atoms with E-state index < -0.39 is 20.4 Å². The monoisotopic (exact) mass is 468 g/mol. The molecule has 13 heteroatoms. The van der Waals surface area contributed by atoms with Crippen LogP contribution in [0.5, 0.6) is 0 Å². The SMILES string of the molecule is O=C(O)c1c(-c2ccc3c(c2)Cc2cc(-c4cn[nH]n4)ccc2-3)nnn1CCOP(=O)(O)O. The summed E-state index contributed by atoms with van der Waals surface area (Å²) in [6.07, 6.45) is 2.32. The molecule has 0 saturated carbocycles. The molecule has 168 valence electrons. The summed E-state index contributed by atoms with van der Waals surface area (Å²) in [6.45, 7) is -0.596. The predicted molar refractivity (Wildman–Crippen MR) is 114 cm³/mol. The average Bonchev–Trinajstić information content (AvgIpc) is 3.49. The minimum atomic E-state index is -4.67. The molecule has 4 aromatic rings. The predicted octanol–water partition coefficient (Wildman–Crippen LogP) is 2.11. The highest BCUT2D eigenvalue weighted by Crippen LogP contribution is 2.40. The first-order chi connectivity index (χ1) is 15.8. The van der Waals surface area contributed by atoms with Gasteiger partial charge in [-0.1, -0.05) is 29.5 Å². The zero-order valence-electron chi connectivity index (χ0n) is 16.9. The Morgan fingerprint density at radius 3 is 2.45 bits per heavy atom. The number of aromatic carboxylic acids is 1. The zero-order valence-corrected chi connectivity index (χ0v) is 17.8. The van der Waals surface area contributed by atoms with Gasteiger partial charge in [-0.2, -0.15) is 15.4 Å². The Morgan fingerprint density at radius 2 is 1.82 bits per heavy atom. The molecule has 2 aromatic heterocycles. The molecule has 12 nitrogen and oxygen atoms in total. The molecule has 0 atom stereocenters. The lowest BCUT2D eigenvalue weighted by Crippen LogP contribution is -2.14. The van der Waals surface area contributed by atoms with Gasteiger partial charge in [0.15, 0.2) is 5.69 Å². The summed E-state index contributed by atoms with van der Waals surface area (Å²) in [7, 11) is -4.67. The number of fused-ring (bicyclic) bond motifs is 3. The van der Waals surface area contributed by atoms with Crippen molar-refractivity contribution in [2.75, 3.05) is 6.61 Å². The highest BCUT2D eigenvalue weighted by atomic mass is 31.2. The van der Waals surface area contributed by atoms with Gasteiger partial charge in [0.2, 0.25) is 0 Å². The van der Waals surface area contributed by atoms with E-state index in [-0.39, 0.29) is 17.9 Å². The number of nitrogens with zero attached hydrogens (tertiary/aromatic N) is 5. The van der Waals surface area contributed by atoms with E-state index in [1.165, 1.54) is 0 Å². The lowest BCUT2D eigenvalue weighted by molar-refractivity contribution is 0.0683. The fourth-order valence-electron chi connectivity index (χ4n) is 3.98. The van der Waals surface area contributed by atoms with Crippen LogP contribution in [0.15, 0.2) is 42.6 Å². The van der Waals surface area contributed by atoms with Gasteiger partial charge in [-0.25, -0.2) is 14.0 Å². The lowest BCUT2D eigenvalue weighted by Gasteiger charge is -2.07. The van der Waals surface area contributed by atoms with E-state index in [9.17, 15) is 14.5 Å². The first-order valence-electron chi connectivity index (χ1n) is 9.80. The molecule has 0 saturated heterocycles. The van der Waals surface area contributed by atoms with Crippen LogP contribution in [0.4, 0.5) is 0 Å². The topological polar surface area (TPSA) is 176 Å². The Kier molecular flexibility index (Phi) is 5.14. The number of carboxylic acids is 1. The van der Waals surface area contributed by atoms with Gasteiger partial charge in [-0.15, -0.1) is 5.10 Å². The minimum absolute atomic E-state index is 0.167. The fourth-order valence-corrected chi connectivity index (χ4v) is 4.30. The van der Waals surface area contributed by atoms with Gasteiger partial charge in [0.25, 0.3) is 0 Å². The third-order valence-electron chi connectivity index (χ3n) is 5.37. The number of carbonyl (C=O) groups is 1. The van der Waals surface area contributed by atoms with Crippen molar-refractivity contribution in [3.05, 3.63) is 59.4 Å². The second-order valence-electron chi connectivity index (χ2n) is 7.41. The fraction of sp³-hybridized carbons (Fsp3) is 0.150. The Balaban J connectivity index is 1.44. The van der Waals surface area contributed by atoms with E-state index in [1.54, 1.807) is 12.3 Å². The van der Waals surface area contributed by atoms with Gasteiger partial charge in [0.05, 0.1) is 19.3 Å². The van der Waals surface area contributed by atoms with E-state index >= 15 is 0 Å². The molecule has 0 unspecified atom stereocenters. The van der Waals surface area contributed by atoms with Crippen molar-refractivity contribution in [2.24, 2.45) is 0 Å². The largest absolute Gasteiger partial charge is 0.476 e. The molecule has 0 fully saturated rings. The number of aromatic amines is 1. The molecule has 0 bridgehead atoms. The number of carboxylic acid groups (broad SMARTS) is 1. The molecule has 0 aliphatic heterocycles. The van der Waals surface area contributed by atoms with Gasteiger partial charge < -0.3 is 14.9 Å². The van der Waals surface area contributed by atoms with Crippen LogP contribution < -0.4 is 0 Å². The van der Waals surface area contributed by atoms with E-state index in [0.29, 0.717) is 12.0 Å².